The standard InChI is InChI=1S/C16H35N/c1-6-9-11-13-16(14-12-10-7-2)17(5)15(4)8-3/h15-16H,6-14H2,1-5H3. The number of hydrogen-bond acceptors (Lipinski definition) is 1. The van der Waals surface area contributed by atoms with Crippen LogP contribution in [-0.2, 0) is 0 Å². The number of nitrogens with zero attached hydrogens (tertiary/aromatic N) is 1. The van der Waals surface area contributed by atoms with Gasteiger partial charge in [0.15, 0.2) is 0 Å². The Bertz CT molecular complexity index is 146. The highest BCUT2D eigenvalue weighted by Crippen LogP contribution is 2.18. The minimum Gasteiger partial charge on any atom is -0.301 e. The van der Waals surface area contributed by atoms with Gasteiger partial charge in [-0.1, -0.05) is 59.3 Å². The third-order valence-electron chi connectivity index (χ3n) is 4.14. The molecule has 0 rings (SSSR count). The summed E-state index contributed by atoms with van der Waals surface area (Å²) in [6.07, 6.45) is 12.4. The molecule has 0 heterocycles. The van der Waals surface area contributed by atoms with Gasteiger partial charge in [0.25, 0.3) is 0 Å². The van der Waals surface area contributed by atoms with E-state index < -0.39 is 0 Å². The minimum absolute atomic E-state index is 0.739. The highest BCUT2D eigenvalue weighted by Gasteiger charge is 2.17. The van der Waals surface area contributed by atoms with E-state index >= 15 is 0 Å². The summed E-state index contributed by atoms with van der Waals surface area (Å²) in [7, 11) is 2.33. The van der Waals surface area contributed by atoms with Crippen molar-refractivity contribution in [3.63, 3.8) is 0 Å². The molecule has 0 aromatic carbocycles. The lowest BCUT2D eigenvalue weighted by Gasteiger charge is -2.33. The molecular formula is C16H35N. The van der Waals surface area contributed by atoms with Crippen molar-refractivity contribution in [3.8, 4) is 0 Å². The van der Waals surface area contributed by atoms with Gasteiger partial charge < -0.3 is 4.90 Å². The molecule has 1 nitrogen and oxygen atoms in total. The molecule has 0 aliphatic carbocycles. The monoisotopic (exact) mass is 241 g/mol. The van der Waals surface area contributed by atoms with Crippen LogP contribution in [0.15, 0.2) is 0 Å². The molecular weight excluding hydrogens is 206 g/mol. The van der Waals surface area contributed by atoms with Gasteiger partial charge in [0, 0.05) is 12.1 Å². The topological polar surface area (TPSA) is 3.24 Å². The summed E-state index contributed by atoms with van der Waals surface area (Å²) in [5.74, 6) is 0. The SMILES string of the molecule is CCCCCC(CCCCC)N(C)C(C)CC. The van der Waals surface area contributed by atoms with Gasteiger partial charge in [0.05, 0.1) is 0 Å². The van der Waals surface area contributed by atoms with Gasteiger partial charge in [-0.05, 0) is 33.2 Å². The zero-order chi connectivity index (χ0) is 13.1. The van der Waals surface area contributed by atoms with Crippen molar-refractivity contribution < 1.29 is 0 Å². The van der Waals surface area contributed by atoms with Crippen LogP contribution in [0.1, 0.15) is 85.5 Å². The predicted molar refractivity (Wildman–Crippen MR) is 79.6 cm³/mol. The molecule has 1 unspecified atom stereocenters. The predicted octanol–water partition coefficient (Wildman–Crippen LogP) is 5.25. The van der Waals surface area contributed by atoms with E-state index in [0.29, 0.717) is 0 Å². The molecule has 0 aromatic heterocycles. The molecule has 1 atom stereocenters. The van der Waals surface area contributed by atoms with Crippen LogP contribution >= 0.6 is 0 Å². The maximum Gasteiger partial charge on any atom is 0.00950 e. The molecule has 0 N–H and O–H groups in total. The maximum absolute atomic E-state index is 2.63. The molecule has 104 valence electrons. The van der Waals surface area contributed by atoms with E-state index in [1.54, 1.807) is 0 Å². The molecule has 0 saturated heterocycles. The third-order valence-corrected chi connectivity index (χ3v) is 4.14. The molecule has 0 radical (unpaired) electrons. The zero-order valence-corrected chi connectivity index (χ0v) is 13.0. The fraction of sp³-hybridized carbons (Fsp3) is 1.00. The lowest BCUT2D eigenvalue weighted by atomic mass is 9.99. The van der Waals surface area contributed by atoms with Crippen molar-refractivity contribution in [2.75, 3.05) is 7.05 Å². The summed E-state index contributed by atoms with van der Waals surface area (Å²) in [6.45, 7) is 9.26. The van der Waals surface area contributed by atoms with Crippen LogP contribution in [-0.4, -0.2) is 24.0 Å². The van der Waals surface area contributed by atoms with Crippen LogP contribution in [0.5, 0.6) is 0 Å². The molecule has 1 heteroatoms. The Morgan fingerprint density at radius 3 is 1.65 bits per heavy atom. The summed E-state index contributed by atoms with van der Waals surface area (Å²) in [5, 5.41) is 0. The maximum atomic E-state index is 2.63. The summed E-state index contributed by atoms with van der Waals surface area (Å²) >= 11 is 0. The fourth-order valence-electron chi connectivity index (χ4n) is 2.46. The van der Waals surface area contributed by atoms with Crippen LogP contribution < -0.4 is 0 Å². The van der Waals surface area contributed by atoms with Crippen LogP contribution in [0.2, 0.25) is 0 Å². The van der Waals surface area contributed by atoms with Crippen molar-refractivity contribution in [1.82, 2.24) is 4.90 Å². The molecule has 0 aliphatic heterocycles. The van der Waals surface area contributed by atoms with Crippen LogP contribution in [0, 0.1) is 0 Å². The molecule has 17 heavy (non-hydrogen) atoms. The van der Waals surface area contributed by atoms with E-state index in [4.69, 9.17) is 0 Å². The smallest absolute Gasteiger partial charge is 0.00950 e. The highest BCUT2D eigenvalue weighted by atomic mass is 15.1. The number of hydrogen-bond donors (Lipinski definition) is 0. The Balaban J connectivity index is 4.07. The van der Waals surface area contributed by atoms with E-state index in [2.05, 4.69) is 39.6 Å². The fourth-order valence-corrected chi connectivity index (χ4v) is 2.46. The molecule has 0 amide bonds. The Morgan fingerprint density at radius 2 is 1.29 bits per heavy atom. The van der Waals surface area contributed by atoms with Gasteiger partial charge in [0.2, 0.25) is 0 Å². The van der Waals surface area contributed by atoms with Crippen molar-refractivity contribution in [1.29, 1.82) is 0 Å². The first-order valence-electron chi connectivity index (χ1n) is 7.89. The minimum atomic E-state index is 0.739. The molecule has 0 fully saturated rings. The van der Waals surface area contributed by atoms with E-state index in [-0.39, 0.29) is 0 Å². The van der Waals surface area contributed by atoms with Crippen molar-refractivity contribution >= 4 is 0 Å². The van der Waals surface area contributed by atoms with Crippen LogP contribution in [0.25, 0.3) is 0 Å². The highest BCUT2D eigenvalue weighted by molar-refractivity contribution is 4.73. The van der Waals surface area contributed by atoms with Gasteiger partial charge in [-0.15, -0.1) is 0 Å². The Morgan fingerprint density at radius 1 is 0.824 bits per heavy atom. The number of rotatable bonds is 11. The van der Waals surface area contributed by atoms with Gasteiger partial charge >= 0.3 is 0 Å². The Labute approximate surface area is 110 Å². The first-order valence-corrected chi connectivity index (χ1v) is 7.89. The average Bonchev–Trinajstić information content (AvgIpc) is 2.35. The summed E-state index contributed by atoms with van der Waals surface area (Å²) in [4.78, 5) is 2.63. The summed E-state index contributed by atoms with van der Waals surface area (Å²) in [5.41, 5.74) is 0. The van der Waals surface area contributed by atoms with E-state index in [9.17, 15) is 0 Å². The average molecular weight is 241 g/mol. The molecule has 0 aliphatic rings. The molecule has 0 spiro atoms. The van der Waals surface area contributed by atoms with E-state index in [1.807, 2.05) is 0 Å². The van der Waals surface area contributed by atoms with Crippen LogP contribution in [0.3, 0.4) is 0 Å². The largest absolute Gasteiger partial charge is 0.301 e. The second-order valence-corrected chi connectivity index (χ2v) is 5.57. The first kappa shape index (κ1) is 17.0. The molecule has 0 aromatic rings. The lowest BCUT2D eigenvalue weighted by Crippen LogP contribution is -2.38. The van der Waals surface area contributed by atoms with Crippen molar-refractivity contribution in [2.45, 2.75) is 97.6 Å². The second kappa shape index (κ2) is 11.1. The Hall–Kier alpha value is -0.0400. The van der Waals surface area contributed by atoms with Crippen LogP contribution in [0.4, 0.5) is 0 Å². The number of unbranched alkanes of at least 4 members (excludes halogenated alkanes) is 4. The second-order valence-electron chi connectivity index (χ2n) is 5.57. The molecule has 0 bridgehead atoms. The van der Waals surface area contributed by atoms with E-state index in [0.717, 1.165) is 12.1 Å². The Kier molecular flexibility index (Phi) is 11.0. The normalized spacial score (nSPS) is 13.6. The van der Waals surface area contributed by atoms with Gasteiger partial charge in [-0.3, -0.25) is 0 Å². The van der Waals surface area contributed by atoms with Gasteiger partial charge in [0.1, 0.15) is 0 Å². The summed E-state index contributed by atoms with van der Waals surface area (Å²) in [6, 6.07) is 1.56. The van der Waals surface area contributed by atoms with Gasteiger partial charge in [-0.25, -0.2) is 0 Å². The van der Waals surface area contributed by atoms with E-state index in [1.165, 1.54) is 57.8 Å². The summed E-state index contributed by atoms with van der Waals surface area (Å²) < 4.78 is 0. The van der Waals surface area contributed by atoms with Crippen molar-refractivity contribution in [2.24, 2.45) is 0 Å². The molecule has 0 saturated carbocycles. The lowest BCUT2D eigenvalue weighted by molar-refractivity contribution is 0.157. The zero-order valence-electron chi connectivity index (χ0n) is 13.0. The van der Waals surface area contributed by atoms with Crippen molar-refractivity contribution in [3.05, 3.63) is 0 Å². The first-order chi connectivity index (χ1) is 8.17. The quantitative estimate of drug-likeness (QED) is 0.447. The van der Waals surface area contributed by atoms with Gasteiger partial charge in [-0.2, -0.15) is 0 Å². The third kappa shape index (κ3) is 7.81.